The second-order valence-corrected chi connectivity index (χ2v) is 6.07. The Morgan fingerprint density at radius 1 is 1.17 bits per heavy atom. The molecule has 6 nitrogen and oxygen atoms in total. The molecule has 0 saturated carbocycles. The van der Waals surface area contributed by atoms with Crippen LogP contribution in [0.15, 0.2) is 22.6 Å². The number of aromatic nitrogens is 3. The lowest BCUT2D eigenvalue weighted by Gasteiger charge is -2.15. The maximum Gasteiger partial charge on any atom is 0.252 e. The van der Waals surface area contributed by atoms with Crippen molar-refractivity contribution < 1.29 is 9.21 Å². The summed E-state index contributed by atoms with van der Waals surface area (Å²) in [7, 11) is 0. The van der Waals surface area contributed by atoms with Gasteiger partial charge in [-0.3, -0.25) is 9.78 Å². The van der Waals surface area contributed by atoms with Gasteiger partial charge < -0.3 is 9.73 Å². The van der Waals surface area contributed by atoms with E-state index in [1.54, 1.807) is 6.92 Å². The van der Waals surface area contributed by atoms with E-state index in [1.807, 2.05) is 45.9 Å². The Kier molecular flexibility index (Phi) is 4.05. The number of amides is 1. The number of fused-ring (bicyclic) bond motifs is 1. The van der Waals surface area contributed by atoms with Crippen LogP contribution in [-0.4, -0.2) is 21.1 Å². The zero-order valence-electron chi connectivity index (χ0n) is 14.5. The highest BCUT2D eigenvalue weighted by Gasteiger charge is 2.21. The first-order chi connectivity index (χ1) is 11.4. The van der Waals surface area contributed by atoms with E-state index in [4.69, 9.17) is 4.42 Å². The van der Waals surface area contributed by atoms with E-state index < -0.39 is 0 Å². The molecule has 0 unspecified atom stereocenters. The highest BCUT2D eigenvalue weighted by atomic mass is 16.4. The van der Waals surface area contributed by atoms with E-state index in [9.17, 15) is 4.79 Å². The topological polar surface area (TPSA) is 80.9 Å². The van der Waals surface area contributed by atoms with Gasteiger partial charge in [-0.25, -0.2) is 0 Å². The highest BCUT2D eigenvalue weighted by molar-refractivity contribution is 6.07. The summed E-state index contributed by atoms with van der Waals surface area (Å²) in [5.74, 6) is 0.699. The number of carbonyl (C=O) groups is 1. The molecule has 3 rings (SSSR count). The van der Waals surface area contributed by atoms with E-state index in [1.165, 1.54) is 0 Å². The molecule has 0 saturated heterocycles. The monoisotopic (exact) mass is 324 g/mol. The molecule has 1 amide bonds. The number of hydrogen-bond donors (Lipinski definition) is 1. The standard InChI is InChI=1S/C18H20N4O2/c1-9-6-7-15-14(8-9)16(10(2)11(3)19-15)17(23)20-12(4)18-22-21-13(5)24-18/h6-8,12H,1-5H3,(H,20,23)/t12-/m0/s1. The molecular formula is C18H20N4O2. The maximum atomic E-state index is 12.9. The summed E-state index contributed by atoms with van der Waals surface area (Å²) in [5, 5.41) is 11.6. The van der Waals surface area contributed by atoms with E-state index >= 15 is 0 Å². The van der Waals surface area contributed by atoms with Crippen LogP contribution in [0.3, 0.4) is 0 Å². The average molecular weight is 324 g/mol. The fraction of sp³-hybridized carbons (Fsp3) is 0.333. The van der Waals surface area contributed by atoms with Crippen molar-refractivity contribution in [2.24, 2.45) is 0 Å². The number of nitrogens with zero attached hydrogens (tertiary/aromatic N) is 3. The largest absolute Gasteiger partial charge is 0.423 e. The Morgan fingerprint density at radius 3 is 2.58 bits per heavy atom. The third kappa shape index (κ3) is 2.87. The lowest BCUT2D eigenvalue weighted by molar-refractivity contribution is 0.0935. The van der Waals surface area contributed by atoms with E-state index in [0.717, 1.165) is 27.7 Å². The van der Waals surface area contributed by atoms with Gasteiger partial charge in [0, 0.05) is 18.0 Å². The smallest absolute Gasteiger partial charge is 0.252 e. The molecule has 0 aliphatic heterocycles. The fourth-order valence-corrected chi connectivity index (χ4v) is 2.71. The Balaban J connectivity index is 2.02. The molecule has 0 aliphatic rings. The number of pyridine rings is 1. The van der Waals surface area contributed by atoms with Gasteiger partial charge in [-0.05, 0) is 45.4 Å². The molecule has 0 radical (unpaired) electrons. The number of benzene rings is 1. The van der Waals surface area contributed by atoms with Crippen LogP contribution in [-0.2, 0) is 0 Å². The van der Waals surface area contributed by atoms with Crippen molar-refractivity contribution in [3.05, 3.63) is 52.4 Å². The SMILES string of the molecule is Cc1ccc2nc(C)c(C)c(C(=O)N[C@@H](C)c3nnc(C)o3)c2c1. The maximum absolute atomic E-state index is 12.9. The molecule has 2 aromatic heterocycles. The predicted octanol–water partition coefficient (Wildman–Crippen LogP) is 3.34. The van der Waals surface area contributed by atoms with Crippen LogP contribution in [0, 0.1) is 27.7 Å². The lowest BCUT2D eigenvalue weighted by atomic mass is 9.99. The zero-order chi connectivity index (χ0) is 17.4. The minimum Gasteiger partial charge on any atom is -0.423 e. The summed E-state index contributed by atoms with van der Waals surface area (Å²) in [4.78, 5) is 17.5. The van der Waals surface area contributed by atoms with Crippen molar-refractivity contribution in [3.8, 4) is 0 Å². The summed E-state index contributed by atoms with van der Waals surface area (Å²) in [6.07, 6.45) is 0. The molecule has 124 valence electrons. The Morgan fingerprint density at radius 2 is 1.92 bits per heavy atom. The number of rotatable bonds is 3. The van der Waals surface area contributed by atoms with Gasteiger partial charge in [-0.2, -0.15) is 0 Å². The molecule has 24 heavy (non-hydrogen) atoms. The molecule has 1 N–H and O–H groups in total. The average Bonchev–Trinajstić information content (AvgIpc) is 2.95. The Bertz CT molecular complexity index is 930. The summed E-state index contributed by atoms with van der Waals surface area (Å²) in [6.45, 7) is 9.37. The molecule has 0 aliphatic carbocycles. The number of aryl methyl sites for hydroxylation is 3. The van der Waals surface area contributed by atoms with Gasteiger partial charge in [0.1, 0.15) is 6.04 Å². The Labute approximate surface area is 140 Å². The number of carbonyl (C=O) groups excluding carboxylic acids is 1. The predicted molar refractivity (Wildman–Crippen MR) is 90.9 cm³/mol. The minimum absolute atomic E-state index is 0.169. The van der Waals surface area contributed by atoms with Crippen molar-refractivity contribution in [3.63, 3.8) is 0 Å². The first kappa shape index (κ1) is 16.1. The molecule has 1 atom stereocenters. The molecule has 6 heteroatoms. The minimum atomic E-state index is -0.369. The van der Waals surface area contributed by atoms with Gasteiger partial charge in [0.15, 0.2) is 0 Å². The van der Waals surface area contributed by atoms with Crippen molar-refractivity contribution in [1.29, 1.82) is 0 Å². The summed E-state index contributed by atoms with van der Waals surface area (Å²) in [5.41, 5.74) is 4.26. The quantitative estimate of drug-likeness (QED) is 0.799. The number of hydrogen-bond acceptors (Lipinski definition) is 5. The molecule has 0 fully saturated rings. The first-order valence-corrected chi connectivity index (χ1v) is 7.85. The van der Waals surface area contributed by atoms with Crippen LogP contribution in [0.25, 0.3) is 10.9 Å². The second-order valence-electron chi connectivity index (χ2n) is 6.07. The fourth-order valence-electron chi connectivity index (χ4n) is 2.71. The third-order valence-corrected chi connectivity index (χ3v) is 4.11. The van der Waals surface area contributed by atoms with Crippen molar-refractivity contribution in [2.45, 2.75) is 40.7 Å². The van der Waals surface area contributed by atoms with Crippen LogP contribution < -0.4 is 5.32 Å². The molecular weight excluding hydrogens is 304 g/mol. The van der Waals surface area contributed by atoms with Crippen molar-refractivity contribution in [1.82, 2.24) is 20.5 Å². The van der Waals surface area contributed by atoms with Crippen LogP contribution in [0.2, 0.25) is 0 Å². The van der Waals surface area contributed by atoms with Crippen LogP contribution in [0.5, 0.6) is 0 Å². The summed E-state index contributed by atoms with van der Waals surface area (Å²) < 4.78 is 5.39. The van der Waals surface area contributed by atoms with Crippen LogP contribution >= 0.6 is 0 Å². The van der Waals surface area contributed by atoms with Gasteiger partial charge in [-0.15, -0.1) is 10.2 Å². The lowest BCUT2D eigenvalue weighted by Crippen LogP contribution is -2.28. The van der Waals surface area contributed by atoms with E-state index in [2.05, 4.69) is 20.5 Å². The van der Waals surface area contributed by atoms with Crippen molar-refractivity contribution >= 4 is 16.8 Å². The van der Waals surface area contributed by atoms with Gasteiger partial charge in [-0.1, -0.05) is 11.6 Å². The summed E-state index contributed by atoms with van der Waals surface area (Å²) >= 11 is 0. The van der Waals surface area contributed by atoms with E-state index in [0.29, 0.717) is 17.3 Å². The van der Waals surface area contributed by atoms with Crippen LogP contribution in [0.1, 0.15) is 51.9 Å². The number of nitrogens with one attached hydrogen (secondary N) is 1. The van der Waals surface area contributed by atoms with Gasteiger partial charge in [0.2, 0.25) is 11.8 Å². The highest BCUT2D eigenvalue weighted by Crippen LogP contribution is 2.25. The molecule has 2 heterocycles. The van der Waals surface area contributed by atoms with Gasteiger partial charge in [0.25, 0.3) is 5.91 Å². The normalized spacial score (nSPS) is 12.4. The Hall–Kier alpha value is -2.76. The molecule has 1 aromatic carbocycles. The molecule has 0 bridgehead atoms. The van der Waals surface area contributed by atoms with Crippen LogP contribution in [0.4, 0.5) is 0 Å². The summed E-state index contributed by atoms with van der Waals surface area (Å²) in [6, 6.07) is 5.56. The molecule has 3 aromatic rings. The molecule has 0 spiro atoms. The zero-order valence-corrected chi connectivity index (χ0v) is 14.5. The van der Waals surface area contributed by atoms with Gasteiger partial charge in [0.05, 0.1) is 11.1 Å². The second kappa shape index (κ2) is 6.03. The first-order valence-electron chi connectivity index (χ1n) is 7.85. The van der Waals surface area contributed by atoms with Gasteiger partial charge >= 0.3 is 0 Å². The van der Waals surface area contributed by atoms with Crippen molar-refractivity contribution in [2.75, 3.05) is 0 Å². The van der Waals surface area contributed by atoms with E-state index in [-0.39, 0.29) is 11.9 Å². The third-order valence-electron chi connectivity index (χ3n) is 4.11.